The quantitative estimate of drug-likeness (QED) is 0.659. The van der Waals surface area contributed by atoms with Crippen molar-refractivity contribution in [2.24, 2.45) is 5.92 Å². The molecule has 1 fully saturated rings. The predicted octanol–water partition coefficient (Wildman–Crippen LogP) is 3.21. The molecule has 31 heavy (non-hydrogen) atoms. The second-order valence-corrected chi connectivity index (χ2v) is 8.90. The van der Waals surface area contributed by atoms with Gasteiger partial charge in [-0.15, -0.1) is 0 Å². The van der Waals surface area contributed by atoms with Gasteiger partial charge in [-0.1, -0.05) is 42.8 Å². The van der Waals surface area contributed by atoms with E-state index in [1.54, 1.807) is 0 Å². The molecule has 0 aliphatic carbocycles. The zero-order chi connectivity index (χ0) is 22.8. The number of hydrogen-bond acceptors (Lipinski definition) is 5. The van der Waals surface area contributed by atoms with Crippen LogP contribution in [0.5, 0.6) is 5.75 Å². The molecule has 0 aromatic heterocycles. The van der Waals surface area contributed by atoms with Gasteiger partial charge in [0.1, 0.15) is 11.9 Å². The normalized spacial score (nSPS) is 25.1. The van der Waals surface area contributed by atoms with E-state index in [-0.39, 0.29) is 11.8 Å². The number of amides is 1. The van der Waals surface area contributed by atoms with E-state index in [2.05, 4.69) is 11.4 Å². The van der Waals surface area contributed by atoms with Gasteiger partial charge in [0, 0.05) is 19.4 Å². The van der Waals surface area contributed by atoms with Crippen LogP contribution in [0.15, 0.2) is 42.5 Å². The number of carbonyl (C=O) groups is 1. The summed E-state index contributed by atoms with van der Waals surface area (Å²) in [6, 6.07) is 13.9. The Hall–Kier alpha value is -2.41. The molecule has 6 heteroatoms. The van der Waals surface area contributed by atoms with Gasteiger partial charge < -0.3 is 25.0 Å². The Kier molecular flexibility index (Phi) is 7.04. The number of hydrogen-bond donors (Lipinski definition) is 3. The Morgan fingerprint density at radius 2 is 1.90 bits per heavy atom. The van der Waals surface area contributed by atoms with E-state index in [4.69, 9.17) is 9.47 Å². The molecule has 1 saturated heterocycles. The van der Waals surface area contributed by atoms with E-state index in [1.807, 2.05) is 64.1 Å². The van der Waals surface area contributed by atoms with Crippen molar-refractivity contribution in [3.8, 4) is 16.9 Å². The molecule has 0 unspecified atom stereocenters. The molecule has 1 aliphatic rings. The highest BCUT2D eigenvalue weighted by molar-refractivity contribution is 5.73. The molecular formula is C25H33NO5. The van der Waals surface area contributed by atoms with Gasteiger partial charge in [0.15, 0.2) is 0 Å². The number of rotatable bonds is 6. The fourth-order valence-electron chi connectivity index (χ4n) is 3.87. The zero-order valence-corrected chi connectivity index (χ0v) is 18.9. The third kappa shape index (κ3) is 5.45. The molecule has 6 nitrogen and oxygen atoms in total. The molecule has 1 amide bonds. The molecule has 3 rings (SSSR count). The summed E-state index contributed by atoms with van der Waals surface area (Å²) in [6.07, 6.45) is -2.39. The van der Waals surface area contributed by atoms with Crippen LogP contribution in [0.3, 0.4) is 0 Å². The van der Waals surface area contributed by atoms with Crippen LogP contribution < -0.4 is 10.1 Å². The lowest BCUT2D eigenvalue weighted by molar-refractivity contribution is -0.284. The average Bonchev–Trinajstić information content (AvgIpc) is 2.71. The summed E-state index contributed by atoms with van der Waals surface area (Å²) in [5, 5.41) is 23.8. The van der Waals surface area contributed by atoms with Crippen molar-refractivity contribution in [3.63, 3.8) is 0 Å². The molecule has 0 bridgehead atoms. The van der Waals surface area contributed by atoms with Crippen LogP contribution >= 0.6 is 0 Å². The Labute approximate surface area is 184 Å². The molecule has 0 saturated carbocycles. The van der Waals surface area contributed by atoms with Crippen LogP contribution in [0.1, 0.15) is 38.8 Å². The highest BCUT2D eigenvalue weighted by Crippen LogP contribution is 2.36. The highest BCUT2D eigenvalue weighted by Gasteiger charge is 2.47. The summed E-state index contributed by atoms with van der Waals surface area (Å²) < 4.78 is 12.0. The third-order valence-corrected chi connectivity index (χ3v) is 6.09. The van der Waals surface area contributed by atoms with E-state index < -0.39 is 24.1 Å². The van der Waals surface area contributed by atoms with E-state index in [9.17, 15) is 15.0 Å². The van der Waals surface area contributed by atoms with Crippen LogP contribution in [0.4, 0.5) is 0 Å². The lowest BCUT2D eigenvalue weighted by Crippen LogP contribution is -2.59. The van der Waals surface area contributed by atoms with Crippen molar-refractivity contribution in [1.82, 2.24) is 5.32 Å². The standard InChI is InChI=1S/C25H33NO5/c1-15-7-6-8-19(13-15)21-14-20(10-9-18(21)11-12-26-17(3)27)30-24-23(29)22(28)16(2)25(4,5)31-24/h6-10,13-14,16,22-24,28-29H,11-12H2,1-5H3,(H,26,27)/t16-,22-,23-,24+/m1/s1. The van der Waals surface area contributed by atoms with Crippen molar-refractivity contribution in [2.45, 2.75) is 65.1 Å². The molecule has 168 valence electrons. The topological polar surface area (TPSA) is 88.0 Å². The molecule has 2 aromatic carbocycles. The van der Waals surface area contributed by atoms with E-state index in [1.165, 1.54) is 6.92 Å². The van der Waals surface area contributed by atoms with Gasteiger partial charge >= 0.3 is 0 Å². The minimum absolute atomic E-state index is 0.0594. The van der Waals surface area contributed by atoms with Crippen molar-refractivity contribution in [3.05, 3.63) is 53.6 Å². The minimum atomic E-state index is -1.15. The Morgan fingerprint density at radius 1 is 1.16 bits per heavy atom. The van der Waals surface area contributed by atoms with Crippen LogP contribution in [0, 0.1) is 12.8 Å². The maximum absolute atomic E-state index is 11.3. The van der Waals surface area contributed by atoms with Gasteiger partial charge in [-0.05, 0) is 56.0 Å². The number of nitrogens with one attached hydrogen (secondary N) is 1. The fourth-order valence-corrected chi connectivity index (χ4v) is 3.87. The average molecular weight is 428 g/mol. The summed E-state index contributed by atoms with van der Waals surface area (Å²) >= 11 is 0. The van der Waals surface area contributed by atoms with Gasteiger partial charge in [-0.3, -0.25) is 4.79 Å². The number of aryl methyl sites for hydroxylation is 1. The third-order valence-electron chi connectivity index (χ3n) is 6.09. The predicted molar refractivity (Wildman–Crippen MR) is 120 cm³/mol. The van der Waals surface area contributed by atoms with E-state index in [0.717, 1.165) is 22.3 Å². The Bertz CT molecular complexity index is 926. The first-order chi connectivity index (χ1) is 14.6. The van der Waals surface area contributed by atoms with Gasteiger partial charge in [-0.2, -0.15) is 0 Å². The molecule has 1 aliphatic heterocycles. The number of benzene rings is 2. The van der Waals surface area contributed by atoms with Crippen molar-refractivity contribution in [2.75, 3.05) is 6.54 Å². The highest BCUT2D eigenvalue weighted by atomic mass is 16.7. The molecule has 1 heterocycles. The number of aliphatic hydroxyl groups is 2. The van der Waals surface area contributed by atoms with E-state index >= 15 is 0 Å². The summed E-state index contributed by atoms with van der Waals surface area (Å²) in [5.41, 5.74) is 3.61. The monoisotopic (exact) mass is 427 g/mol. The lowest BCUT2D eigenvalue weighted by atomic mass is 9.82. The maximum Gasteiger partial charge on any atom is 0.229 e. The second-order valence-electron chi connectivity index (χ2n) is 8.90. The molecule has 4 atom stereocenters. The Balaban J connectivity index is 1.89. The van der Waals surface area contributed by atoms with Crippen LogP contribution in [-0.4, -0.2) is 46.8 Å². The van der Waals surface area contributed by atoms with Crippen molar-refractivity contribution < 1.29 is 24.5 Å². The van der Waals surface area contributed by atoms with Gasteiger partial charge in [0.05, 0.1) is 11.7 Å². The zero-order valence-electron chi connectivity index (χ0n) is 18.9. The van der Waals surface area contributed by atoms with E-state index in [0.29, 0.717) is 18.7 Å². The van der Waals surface area contributed by atoms with Gasteiger partial charge in [0.2, 0.25) is 12.2 Å². The minimum Gasteiger partial charge on any atom is -0.462 e. The summed E-state index contributed by atoms with van der Waals surface area (Å²) in [6.45, 7) is 9.70. The summed E-state index contributed by atoms with van der Waals surface area (Å²) in [7, 11) is 0. The van der Waals surface area contributed by atoms with Gasteiger partial charge in [-0.25, -0.2) is 0 Å². The first-order valence-corrected chi connectivity index (χ1v) is 10.7. The van der Waals surface area contributed by atoms with Crippen molar-refractivity contribution in [1.29, 1.82) is 0 Å². The van der Waals surface area contributed by atoms with Gasteiger partial charge in [0.25, 0.3) is 0 Å². The fraction of sp³-hybridized carbons (Fsp3) is 0.480. The summed E-state index contributed by atoms with van der Waals surface area (Å²) in [5.74, 6) is 0.249. The SMILES string of the molecule is CC(=O)NCCc1ccc(O[C@H]2OC(C)(C)[C@H](C)[C@@H](O)[C@H]2O)cc1-c1cccc(C)c1. The molecular weight excluding hydrogens is 394 g/mol. The number of carbonyl (C=O) groups excluding carboxylic acids is 1. The second kappa shape index (κ2) is 9.39. The largest absolute Gasteiger partial charge is 0.462 e. The first kappa shape index (κ1) is 23.3. The summed E-state index contributed by atoms with van der Waals surface area (Å²) in [4.78, 5) is 11.3. The molecule has 0 spiro atoms. The van der Waals surface area contributed by atoms with Crippen LogP contribution in [0.25, 0.3) is 11.1 Å². The number of ether oxygens (including phenoxy) is 2. The lowest BCUT2D eigenvalue weighted by Gasteiger charge is -2.46. The smallest absolute Gasteiger partial charge is 0.229 e. The first-order valence-electron chi connectivity index (χ1n) is 10.7. The molecule has 3 N–H and O–H groups in total. The molecule has 0 radical (unpaired) electrons. The molecule has 2 aromatic rings. The number of aliphatic hydroxyl groups excluding tert-OH is 2. The Morgan fingerprint density at radius 3 is 2.58 bits per heavy atom. The van der Waals surface area contributed by atoms with Crippen molar-refractivity contribution >= 4 is 5.91 Å². The van der Waals surface area contributed by atoms with Crippen LogP contribution in [0.2, 0.25) is 0 Å². The van der Waals surface area contributed by atoms with Crippen LogP contribution in [-0.2, 0) is 16.0 Å². The maximum atomic E-state index is 11.3.